The van der Waals surface area contributed by atoms with Crippen LogP contribution < -0.4 is 10.6 Å². The Bertz CT molecular complexity index is 153. The second-order valence-corrected chi connectivity index (χ2v) is 2.84. The molecule has 3 nitrogen and oxygen atoms in total. The Hall–Kier alpha value is -0.710. The van der Waals surface area contributed by atoms with Gasteiger partial charge in [0.05, 0.1) is 6.54 Å². The molecule has 1 amide bonds. The van der Waals surface area contributed by atoms with Gasteiger partial charge < -0.3 is 10.6 Å². The third kappa shape index (κ3) is 6.45. The molecule has 1 unspecified atom stereocenters. The molecule has 0 aromatic heterocycles. The lowest BCUT2D eigenvalue weighted by Gasteiger charge is -2.11. The van der Waals surface area contributed by atoms with Crippen molar-refractivity contribution in [1.82, 2.24) is 10.6 Å². The van der Waals surface area contributed by atoms with Crippen LogP contribution in [-0.2, 0) is 4.79 Å². The zero-order valence-electron chi connectivity index (χ0n) is 7.94. The molecular weight excluding hydrogens is 178 g/mol. The van der Waals surface area contributed by atoms with Crippen molar-refractivity contribution in [3.8, 4) is 0 Å². The molecule has 0 aliphatic carbocycles. The van der Waals surface area contributed by atoms with E-state index in [0.29, 0.717) is 6.54 Å². The van der Waals surface area contributed by atoms with E-state index in [0.717, 1.165) is 6.54 Å². The summed E-state index contributed by atoms with van der Waals surface area (Å²) in [5, 5.41) is 5.13. The van der Waals surface area contributed by atoms with Gasteiger partial charge in [-0.2, -0.15) is 0 Å². The SMILES string of the molecule is CCNCC(C)C(=O)NCC(F)F. The third-order valence-electron chi connectivity index (χ3n) is 1.58. The quantitative estimate of drug-likeness (QED) is 0.650. The summed E-state index contributed by atoms with van der Waals surface area (Å²) in [7, 11) is 0. The summed E-state index contributed by atoms with van der Waals surface area (Å²) in [4.78, 5) is 11.1. The Morgan fingerprint density at radius 1 is 1.38 bits per heavy atom. The van der Waals surface area contributed by atoms with Gasteiger partial charge in [0, 0.05) is 12.5 Å². The van der Waals surface area contributed by atoms with Crippen LogP contribution in [0.4, 0.5) is 8.78 Å². The smallest absolute Gasteiger partial charge is 0.255 e. The predicted octanol–water partition coefficient (Wildman–Crippen LogP) is 0.613. The highest BCUT2D eigenvalue weighted by Crippen LogP contribution is 1.94. The van der Waals surface area contributed by atoms with E-state index >= 15 is 0 Å². The van der Waals surface area contributed by atoms with Crippen molar-refractivity contribution in [3.63, 3.8) is 0 Å². The maximum absolute atomic E-state index is 11.7. The van der Waals surface area contributed by atoms with Crippen LogP contribution in [0.3, 0.4) is 0 Å². The first-order chi connectivity index (χ1) is 6.07. The van der Waals surface area contributed by atoms with Crippen molar-refractivity contribution >= 4 is 5.91 Å². The van der Waals surface area contributed by atoms with E-state index in [1.165, 1.54) is 0 Å². The number of halogens is 2. The average Bonchev–Trinajstić information content (AvgIpc) is 2.10. The van der Waals surface area contributed by atoms with Crippen molar-refractivity contribution in [1.29, 1.82) is 0 Å². The molecule has 0 aliphatic rings. The molecule has 0 heterocycles. The fraction of sp³-hybridized carbons (Fsp3) is 0.875. The molecule has 0 rings (SSSR count). The van der Waals surface area contributed by atoms with Gasteiger partial charge in [-0.1, -0.05) is 13.8 Å². The largest absolute Gasteiger partial charge is 0.350 e. The Balaban J connectivity index is 3.57. The van der Waals surface area contributed by atoms with Gasteiger partial charge in [0.15, 0.2) is 0 Å². The molecule has 2 N–H and O–H groups in total. The van der Waals surface area contributed by atoms with E-state index in [9.17, 15) is 13.6 Å². The van der Waals surface area contributed by atoms with Crippen LogP contribution in [0.2, 0.25) is 0 Å². The average molecular weight is 194 g/mol. The first-order valence-corrected chi connectivity index (χ1v) is 4.34. The number of rotatable bonds is 6. The molecule has 1 atom stereocenters. The van der Waals surface area contributed by atoms with E-state index in [-0.39, 0.29) is 11.8 Å². The van der Waals surface area contributed by atoms with Crippen LogP contribution in [0.25, 0.3) is 0 Å². The molecule has 0 radical (unpaired) electrons. The van der Waals surface area contributed by atoms with E-state index in [4.69, 9.17) is 0 Å². The highest BCUT2D eigenvalue weighted by atomic mass is 19.3. The van der Waals surface area contributed by atoms with Crippen LogP contribution in [-0.4, -0.2) is 32.0 Å². The first-order valence-electron chi connectivity index (χ1n) is 4.34. The summed E-state index contributed by atoms with van der Waals surface area (Å²) < 4.78 is 23.4. The van der Waals surface area contributed by atoms with E-state index < -0.39 is 13.0 Å². The zero-order chi connectivity index (χ0) is 10.3. The van der Waals surface area contributed by atoms with Gasteiger partial charge in [0.1, 0.15) is 0 Å². The fourth-order valence-electron chi connectivity index (χ4n) is 0.806. The van der Waals surface area contributed by atoms with Crippen molar-refractivity contribution in [2.75, 3.05) is 19.6 Å². The summed E-state index contributed by atoms with van der Waals surface area (Å²) in [6, 6.07) is 0. The maximum atomic E-state index is 11.7. The minimum atomic E-state index is -2.48. The van der Waals surface area contributed by atoms with Crippen LogP contribution in [0.5, 0.6) is 0 Å². The lowest BCUT2D eigenvalue weighted by molar-refractivity contribution is -0.125. The minimum absolute atomic E-state index is 0.265. The molecule has 0 spiro atoms. The van der Waals surface area contributed by atoms with Crippen LogP contribution in [0.15, 0.2) is 0 Å². The second-order valence-electron chi connectivity index (χ2n) is 2.84. The van der Waals surface area contributed by atoms with E-state index in [2.05, 4.69) is 10.6 Å². The molecule has 0 aromatic carbocycles. The molecule has 0 aromatic rings. The summed E-state index contributed by atoms with van der Waals surface area (Å²) in [5.74, 6) is -0.597. The summed E-state index contributed by atoms with van der Waals surface area (Å²) in [6.07, 6.45) is -2.48. The van der Waals surface area contributed by atoms with E-state index in [1.54, 1.807) is 6.92 Å². The summed E-state index contributed by atoms with van der Waals surface area (Å²) in [6.45, 7) is 4.35. The molecule has 0 fully saturated rings. The monoisotopic (exact) mass is 194 g/mol. The number of hydrogen-bond donors (Lipinski definition) is 2. The zero-order valence-corrected chi connectivity index (χ0v) is 7.94. The molecule has 0 saturated heterocycles. The number of hydrogen-bond acceptors (Lipinski definition) is 2. The summed E-state index contributed by atoms with van der Waals surface area (Å²) >= 11 is 0. The molecule has 13 heavy (non-hydrogen) atoms. The van der Waals surface area contributed by atoms with Crippen LogP contribution >= 0.6 is 0 Å². The molecule has 0 aliphatic heterocycles. The normalized spacial score (nSPS) is 13.0. The van der Waals surface area contributed by atoms with Crippen molar-refractivity contribution in [2.45, 2.75) is 20.3 Å². The fourth-order valence-corrected chi connectivity index (χ4v) is 0.806. The van der Waals surface area contributed by atoms with Crippen molar-refractivity contribution in [2.24, 2.45) is 5.92 Å². The van der Waals surface area contributed by atoms with Crippen molar-refractivity contribution in [3.05, 3.63) is 0 Å². The number of carbonyl (C=O) groups excluding carboxylic acids is 1. The number of carbonyl (C=O) groups is 1. The lowest BCUT2D eigenvalue weighted by Crippen LogP contribution is -2.37. The number of nitrogens with one attached hydrogen (secondary N) is 2. The molecule has 0 bridgehead atoms. The van der Waals surface area contributed by atoms with Crippen molar-refractivity contribution < 1.29 is 13.6 Å². The highest BCUT2D eigenvalue weighted by Gasteiger charge is 2.13. The Morgan fingerprint density at radius 2 is 2.00 bits per heavy atom. The Kier molecular flexibility index (Phi) is 6.40. The second kappa shape index (κ2) is 6.77. The maximum Gasteiger partial charge on any atom is 0.255 e. The molecule has 78 valence electrons. The van der Waals surface area contributed by atoms with Gasteiger partial charge in [-0.25, -0.2) is 8.78 Å². The van der Waals surface area contributed by atoms with E-state index in [1.807, 2.05) is 6.92 Å². The third-order valence-corrected chi connectivity index (χ3v) is 1.58. The standard InChI is InChI=1S/C8H16F2N2O/c1-3-11-4-6(2)8(13)12-5-7(9)10/h6-7,11H,3-5H2,1-2H3,(H,12,13). The number of amides is 1. The van der Waals surface area contributed by atoms with Gasteiger partial charge >= 0.3 is 0 Å². The Morgan fingerprint density at radius 3 is 2.46 bits per heavy atom. The van der Waals surface area contributed by atoms with Gasteiger partial charge in [-0.3, -0.25) is 4.79 Å². The summed E-state index contributed by atoms with van der Waals surface area (Å²) in [5.41, 5.74) is 0. The Labute approximate surface area is 76.9 Å². The molecule has 5 heteroatoms. The van der Waals surface area contributed by atoms with Gasteiger partial charge in [0.25, 0.3) is 6.43 Å². The van der Waals surface area contributed by atoms with Crippen LogP contribution in [0.1, 0.15) is 13.8 Å². The highest BCUT2D eigenvalue weighted by molar-refractivity contribution is 5.78. The van der Waals surface area contributed by atoms with Gasteiger partial charge in [-0.05, 0) is 6.54 Å². The topological polar surface area (TPSA) is 41.1 Å². The lowest BCUT2D eigenvalue weighted by atomic mass is 10.1. The molecule has 0 saturated carbocycles. The van der Waals surface area contributed by atoms with Gasteiger partial charge in [0.2, 0.25) is 5.91 Å². The minimum Gasteiger partial charge on any atom is -0.350 e. The first kappa shape index (κ1) is 12.3. The van der Waals surface area contributed by atoms with Gasteiger partial charge in [-0.15, -0.1) is 0 Å². The molecular formula is C8H16F2N2O. The predicted molar refractivity (Wildman–Crippen MR) is 46.7 cm³/mol. The number of alkyl halides is 2. The van der Waals surface area contributed by atoms with Crippen LogP contribution in [0, 0.1) is 5.92 Å².